The van der Waals surface area contributed by atoms with E-state index in [4.69, 9.17) is 9.47 Å². The van der Waals surface area contributed by atoms with Crippen LogP contribution in [0.5, 0.6) is 11.5 Å². The van der Waals surface area contributed by atoms with Crippen LogP contribution in [0.1, 0.15) is 22.8 Å². The quantitative estimate of drug-likeness (QED) is 0.789. The van der Waals surface area contributed by atoms with Gasteiger partial charge in [0.2, 0.25) is 5.91 Å². The summed E-state index contributed by atoms with van der Waals surface area (Å²) in [6.07, 6.45) is 0. The Hall–Kier alpha value is -3.02. The summed E-state index contributed by atoms with van der Waals surface area (Å²) in [6, 6.07) is 14.4. The smallest absolute Gasteiger partial charge is 0.251 e. The Kier molecular flexibility index (Phi) is 7.02. The minimum Gasteiger partial charge on any atom is -0.497 e. The average molecular weight is 356 g/mol. The predicted molar refractivity (Wildman–Crippen MR) is 99.4 cm³/mol. The van der Waals surface area contributed by atoms with Crippen molar-refractivity contribution in [2.45, 2.75) is 13.5 Å². The molecule has 0 aliphatic carbocycles. The van der Waals surface area contributed by atoms with Gasteiger partial charge in [-0.2, -0.15) is 0 Å². The SMILES string of the molecule is COc1ccc(CN(CCNC(=O)c2ccc(OC)cc2)C(C)=O)cc1. The molecule has 2 aromatic carbocycles. The van der Waals surface area contributed by atoms with Crippen LogP contribution in [-0.4, -0.2) is 44.0 Å². The molecular formula is C20H24N2O4. The fourth-order valence-corrected chi connectivity index (χ4v) is 2.45. The van der Waals surface area contributed by atoms with Crippen LogP contribution < -0.4 is 14.8 Å². The number of nitrogens with one attached hydrogen (secondary N) is 1. The monoisotopic (exact) mass is 356 g/mol. The summed E-state index contributed by atoms with van der Waals surface area (Å²) in [5.74, 6) is 1.25. The van der Waals surface area contributed by atoms with Crippen LogP contribution in [0.4, 0.5) is 0 Å². The van der Waals surface area contributed by atoms with Gasteiger partial charge >= 0.3 is 0 Å². The molecule has 0 saturated carbocycles. The van der Waals surface area contributed by atoms with Crippen molar-refractivity contribution in [1.29, 1.82) is 0 Å². The summed E-state index contributed by atoms with van der Waals surface area (Å²) in [7, 11) is 3.19. The third-order valence-electron chi connectivity index (χ3n) is 4.00. The van der Waals surface area contributed by atoms with Gasteiger partial charge in [-0.3, -0.25) is 9.59 Å². The summed E-state index contributed by atoms with van der Waals surface area (Å²) >= 11 is 0. The van der Waals surface area contributed by atoms with Gasteiger partial charge in [0.25, 0.3) is 5.91 Å². The first-order valence-corrected chi connectivity index (χ1v) is 8.34. The number of carbonyl (C=O) groups excluding carboxylic acids is 2. The zero-order valence-electron chi connectivity index (χ0n) is 15.3. The van der Waals surface area contributed by atoms with Crippen molar-refractivity contribution in [3.05, 3.63) is 59.7 Å². The molecule has 0 atom stereocenters. The predicted octanol–water partition coefficient (Wildman–Crippen LogP) is 2.48. The largest absolute Gasteiger partial charge is 0.497 e. The molecule has 0 fully saturated rings. The Morgan fingerprint density at radius 2 is 1.46 bits per heavy atom. The van der Waals surface area contributed by atoms with Crippen LogP contribution >= 0.6 is 0 Å². The molecule has 2 rings (SSSR count). The van der Waals surface area contributed by atoms with Crippen molar-refractivity contribution in [2.24, 2.45) is 0 Å². The fourth-order valence-electron chi connectivity index (χ4n) is 2.45. The molecule has 1 N–H and O–H groups in total. The van der Waals surface area contributed by atoms with Gasteiger partial charge in [-0.25, -0.2) is 0 Å². The number of methoxy groups -OCH3 is 2. The number of carbonyl (C=O) groups is 2. The van der Waals surface area contributed by atoms with Crippen molar-refractivity contribution in [3.8, 4) is 11.5 Å². The molecule has 0 aliphatic rings. The highest BCUT2D eigenvalue weighted by Crippen LogP contribution is 2.13. The number of benzene rings is 2. The minimum absolute atomic E-state index is 0.0421. The van der Waals surface area contributed by atoms with E-state index in [2.05, 4.69) is 5.32 Å². The first kappa shape index (κ1) is 19.3. The molecule has 0 unspecified atom stereocenters. The van der Waals surface area contributed by atoms with E-state index in [0.717, 1.165) is 11.3 Å². The zero-order valence-corrected chi connectivity index (χ0v) is 15.3. The Labute approximate surface area is 153 Å². The van der Waals surface area contributed by atoms with Gasteiger partial charge < -0.3 is 19.7 Å². The highest BCUT2D eigenvalue weighted by Gasteiger charge is 2.11. The number of rotatable bonds is 8. The number of ether oxygens (including phenoxy) is 2. The van der Waals surface area contributed by atoms with Crippen molar-refractivity contribution in [3.63, 3.8) is 0 Å². The number of amides is 2. The van der Waals surface area contributed by atoms with E-state index in [1.807, 2.05) is 24.3 Å². The minimum atomic E-state index is -0.180. The molecule has 0 radical (unpaired) electrons. The normalized spacial score (nSPS) is 10.1. The highest BCUT2D eigenvalue weighted by molar-refractivity contribution is 5.94. The maximum atomic E-state index is 12.2. The molecular weight excluding hydrogens is 332 g/mol. The molecule has 6 heteroatoms. The summed E-state index contributed by atoms with van der Waals surface area (Å²) in [6.45, 7) is 2.82. The second-order valence-electron chi connectivity index (χ2n) is 5.77. The summed E-state index contributed by atoms with van der Waals surface area (Å²) in [4.78, 5) is 25.7. The molecule has 0 aliphatic heterocycles. The van der Waals surface area contributed by atoms with Crippen LogP contribution in [0.15, 0.2) is 48.5 Å². The molecule has 26 heavy (non-hydrogen) atoms. The van der Waals surface area contributed by atoms with Crippen molar-refractivity contribution >= 4 is 11.8 Å². The van der Waals surface area contributed by atoms with Crippen LogP contribution in [-0.2, 0) is 11.3 Å². The fraction of sp³-hybridized carbons (Fsp3) is 0.300. The van der Waals surface area contributed by atoms with Crippen molar-refractivity contribution in [1.82, 2.24) is 10.2 Å². The molecule has 0 saturated heterocycles. The first-order valence-electron chi connectivity index (χ1n) is 8.34. The van der Waals surface area contributed by atoms with Gasteiger partial charge in [0.15, 0.2) is 0 Å². The number of hydrogen-bond donors (Lipinski definition) is 1. The van der Waals surface area contributed by atoms with E-state index < -0.39 is 0 Å². The van der Waals surface area contributed by atoms with E-state index in [-0.39, 0.29) is 11.8 Å². The average Bonchev–Trinajstić information content (AvgIpc) is 2.67. The molecule has 0 bridgehead atoms. The lowest BCUT2D eigenvalue weighted by molar-refractivity contribution is -0.129. The van der Waals surface area contributed by atoms with Gasteiger partial charge in [-0.1, -0.05) is 12.1 Å². The van der Waals surface area contributed by atoms with Gasteiger partial charge in [0, 0.05) is 32.1 Å². The Bertz CT molecular complexity index is 726. The highest BCUT2D eigenvalue weighted by atomic mass is 16.5. The Morgan fingerprint density at radius 1 is 0.923 bits per heavy atom. The molecule has 2 amide bonds. The third kappa shape index (κ3) is 5.51. The molecule has 6 nitrogen and oxygen atoms in total. The number of hydrogen-bond acceptors (Lipinski definition) is 4. The van der Waals surface area contributed by atoms with Gasteiger partial charge in [-0.15, -0.1) is 0 Å². The lowest BCUT2D eigenvalue weighted by Gasteiger charge is -2.21. The van der Waals surface area contributed by atoms with E-state index in [9.17, 15) is 9.59 Å². The molecule has 0 aromatic heterocycles. The van der Waals surface area contributed by atoms with Crippen LogP contribution in [0.2, 0.25) is 0 Å². The van der Waals surface area contributed by atoms with Crippen LogP contribution in [0, 0.1) is 0 Å². The van der Waals surface area contributed by atoms with Crippen molar-refractivity contribution in [2.75, 3.05) is 27.3 Å². The van der Waals surface area contributed by atoms with Gasteiger partial charge in [0.1, 0.15) is 11.5 Å². The first-order chi connectivity index (χ1) is 12.5. The topological polar surface area (TPSA) is 67.9 Å². The standard InChI is InChI=1S/C20H24N2O4/c1-15(23)22(14-16-4-8-18(25-2)9-5-16)13-12-21-20(24)17-6-10-19(26-3)11-7-17/h4-11H,12-14H2,1-3H3,(H,21,24). The molecule has 0 spiro atoms. The summed E-state index contributed by atoms with van der Waals surface area (Å²) < 4.78 is 10.2. The molecule has 0 heterocycles. The lowest BCUT2D eigenvalue weighted by Crippen LogP contribution is -2.37. The second kappa shape index (κ2) is 9.46. The van der Waals surface area contributed by atoms with E-state index in [0.29, 0.717) is 30.9 Å². The van der Waals surface area contributed by atoms with Gasteiger partial charge in [0.05, 0.1) is 14.2 Å². The van der Waals surface area contributed by atoms with Crippen LogP contribution in [0.25, 0.3) is 0 Å². The van der Waals surface area contributed by atoms with E-state index >= 15 is 0 Å². The Balaban J connectivity index is 1.87. The zero-order chi connectivity index (χ0) is 18.9. The lowest BCUT2D eigenvalue weighted by atomic mass is 10.2. The van der Waals surface area contributed by atoms with E-state index in [1.54, 1.807) is 43.4 Å². The molecule has 138 valence electrons. The number of nitrogens with zero attached hydrogens (tertiary/aromatic N) is 1. The van der Waals surface area contributed by atoms with Crippen LogP contribution in [0.3, 0.4) is 0 Å². The van der Waals surface area contributed by atoms with Crippen molar-refractivity contribution < 1.29 is 19.1 Å². The second-order valence-corrected chi connectivity index (χ2v) is 5.77. The third-order valence-corrected chi connectivity index (χ3v) is 4.00. The summed E-state index contributed by atoms with van der Waals surface area (Å²) in [5, 5.41) is 2.83. The summed E-state index contributed by atoms with van der Waals surface area (Å²) in [5.41, 5.74) is 1.55. The maximum absolute atomic E-state index is 12.2. The molecule has 2 aromatic rings. The van der Waals surface area contributed by atoms with E-state index in [1.165, 1.54) is 6.92 Å². The maximum Gasteiger partial charge on any atom is 0.251 e. The van der Waals surface area contributed by atoms with Gasteiger partial charge in [-0.05, 0) is 42.0 Å². The Morgan fingerprint density at radius 3 is 1.96 bits per heavy atom.